The Bertz CT molecular complexity index is 395. The van der Waals surface area contributed by atoms with Crippen molar-refractivity contribution in [3.63, 3.8) is 0 Å². The molecule has 0 saturated heterocycles. The molecule has 2 aliphatic rings. The van der Waals surface area contributed by atoms with Crippen LogP contribution in [0.3, 0.4) is 0 Å². The first kappa shape index (κ1) is 17.9. The number of ether oxygens (including phenoxy) is 1. The lowest BCUT2D eigenvalue weighted by molar-refractivity contribution is 0.123. The number of allylic oxidation sites excluding steroid dienone is 2. The van der Waals surface area contributed by atoms with Gasteiger partial charge in [0.05, 0.1) is 6.61 Å². The standard InChI is InChI=1S/C15H27NO4SSi/c1-17-22(18-2,19-3)8-4-7-16-15(21)20-11-14-10-12-5-6-13(14)9-12/h5-6,12-14H,4,7-11H2,1-3H3,(H,16,21). The highest BCUT2D eigenvalue weighted by Gasteiger charge is 2.37. The van der Waals surface area contributed by atoms with Gasteiger partial charge in [0.1, 0.15) is 0 Å². The lowest BCUT2D eigenvalue weighted by Gasteiger charge is -2.24. The normalized spacial score (nSPS) is 26.4. The van der Waals surface area contributed by atoms with Crippen molar-refractivity contribution >= 4 is 26.2 Å². The highest BCUT2D eigenvalue weighted by molar-refractivity contribution is 7.80. The molecule has 1 saturated carbocycles. The quantitative estimate of drug-likeness (QED) is 0.300. The predicted molar refractivity (Wildman–Crippen MR) is 91.6 cm³/mol. The van der Waals surface area contributed by atoms with E-state index in [-0.39, 0.29) is 0 Å². The number of nitrogens with one attached hydrogen (secondary N) is 1. The Labute approximate surface area is 139 Å². The van der Waals surface area contributed by atoms with Crippen LogP contribution in [0.1, 0.15) is 19.3 Å². The Balaban J connectivity index is 1.57. The van der Waals surface area contributed by atoms with E-state index in [1.165, 1.54) is 12.8 Å². The molecule has 0 aromatic carbocycles. The molecule has 0 radical (unpaired) electrons. The molecular weight excluding hydrogens is 318 g/mol. The molecule has 3 atom stereocenters. The summed E-state index contributed by atoms with van der Waals surface area (Å²) in [7, 11) is 2.42. The Morgan fingerprint density at radius 2 is 1.91 bits per heavy atom. The molecule has 2 aliphatic carbocycles. The summed E-state index contributed by atoms with van der Waals surface area (Å²) in [6.07, 6.45) is 8.08. The van der Waals surface area contributed by atoms with E-state index in [1.807, 2.05) is 0 Å². The molecule has 22 heavy (non-hydrogen) atoms. The Kier molecular flexibility index (Phi) is 6.82. The van der Waals surface area contributed by atoms with Crippen LogP contribution in [-0.4, -0.2) is 48.5 Å². The Morgan fingerprint density at radius 1 is 1.18 bits per heavy atom. The summed E-state index contributed by atoms with van der Waals surface area (Å²) in [6.45, 7) is 1.46. The second-order valence-corrected chi connectivity index (χ2v) is 9.43. The molecule has 0 heterocycles. The predicted octanol–water partition coefficient (Wildman–Crippen LogP) is 2.36. The Hall–Kier alpha value is -0.473. The Morgan fingerprint density at radius 3 is 2.45 bits per heavy atom. The summed E-state index contributed by atoms with van der Waals surface area (Å²) in [5, 5.41) is 3.63. The van der Waals surface area contributed by atoms with E-state index in [2.05, 4.69) is 17.5 Å². The zero-order chi connectivity index (χ0) is 16.0. The van der Waals surface area contributed by atoms with Crippen molar-refractivity contribution in [3.8, 4) is 0 Å². The van der Waals surface area contributed by atoms with Crippen molar-refractivity contribution in [2.75, 3.05) is 34.5 Å². The number of hydrogen-bond acceptors (Lipinski definition) is 5. The van der Waals surface area contributed by atoms with Crippen molar-refractivity contribution in [1.82, 2.24) is 5.32 Å². The average molecular weight is 346 g/mol. The third kappa shape index (κ3) is 4.52. The largest absolute Gasteiger partial charge is 0.500 e. The third-order valence-electron chi connectivity index (χ3n) is 4.71. The van der Waals surface area contributed by atoms with Crippen molar-refractivity contribution in [2.45, 2.75) is 25.3 Å². The SMILES string of the molecule is CO[Si](CCCNC(=S)OCC1CC2C=CC1C2)(OC)OC. The van der Waals surface area contributed by atoms with Crippen molar-refractivity contribution in [1.29, 1.82) is 0 Å². The molecule has 0 aromatic heterocycles. The van der Waals surface area contributed by atoms with E-state index in [0.29, 0.717) is 17.0 Å². The number of thiocarbonyl (C=S) groups is 1. The summed E-state index contributed by atoms with van der Waals surface area (Å²) >= 11 is 5.23. The summed E-state index contributed by atoms with van der Waals surface area (Å²) in [4.78, 5) is 0. The summed E-state index contributed by atoms with van der Waals surface area (Å²) in [5.74, 6) is 2.10. The van der Waals surface area contributed by atoms with Crippen LogP contribution in [0, 0.1) is 17.8 Å². The number of rotatable bonds is 9. The van der Waals surface area contributed by atoms with Gasteiger partial charge in [-0.3, -0.25) is 0 Å². The lowest BCUT2D eigenvalue weighted by Crippen LogP contribution is -2.43. The van der Waals surface area contributed by atoms with Gasteiger partial charge in [-0.25, -0.2) is 0 Å². The molecule has 7 heteroatoms. The molecular formula is C15H27NO4SSi. The van der Waals surface area contributed by atoms with Crippen LogP contribution < -0.4 is 5.32 Å². The van der Waals surface area contributed by atoms with E-state index in [9.17, 15) is 0 Å². The molecule has 0 spiro atoms. The number of fused-ring (bicyclic) bond motifs is 2. The minimum Gasteiger partial charge on any atom is -0.471 e. The molecule has 1 fully saturated rings. The van der Waals surface area contributed by atoms with Crippen LogP contribution in [-0.2, 0) is 18.0 Å². The maximum Gasteiger partial charge on any atom is 0.500 e. The zero-order valence-corrected chi connectivity index (χ0v) is 15.5. The fourth-order valence-corrected chi connectivity index (χ4v) is 5.26. The number of hydrogen-bond donors (Lipinski definition) is 1. The van der Waals surface area contributed by atoms with Crippen LogP contribution in [0.25, 0.3) is 0 Å². The topological polar surface area (TPSA) is 49.0 Å². The first-order valence-electron chi connectivity index (χ1n) is 7.87. The van der Waals surface area contributed by atoms with E-state index in [4.69, 9.17) is 30.2 Å². The second kappa shape index (κ2) is 8.40. The third-order valence-corrected chi connectivity index (χ3v) is 7.80. The van der Waals surface area contributed by atoms with Gasteiger partial charge < -0.3 is 23.3 Å². The van der Waals surface area contributed by atoms with E-state index in [0.717, 1.165) is 31.5 Å². The van der Waals surface area contributed by atoms with Crippen LogP contribution in [0.5, 0.6) is 0 Å². The zero-order valence-electron chi connectivity index (χ0n) is 13.7. The van der Waals surface area contributed by atoms with Crippen LogP contribution >= 0.6 is 12.2 Å². The molecule has 0 aromatic rings. The minimum absolute atomic E-state index is 0.492. The van der Waals surface area contributed by atoms with Gasteiger partial charge in [-0.05, 0) is 49.2 Å². The first-order chi connectivity index (χ1) is 10.6. The molecule has 1 N–H and O–H groups in total. The van der Waals surface area contributed by atoms with Gasteiger partial charge in [0.25, 0.3) is 5.17 Å². The smallest absolute Gasteiger partial charge is 0.471 e. The monoisotopic (exact) mass is 345 g/mol. The average Bonchev–Trinajstić information content (AvgIpc) is 3.16. The van der Waals surface area contributed by atoms with E-state index in [1.54, 1.807) is 21.3 Å². The molecule has 0 aliphatic heterocycles. The lowest BCUT2D eigenvalue weighted by atomic mass is 9.95. The second-order valence-electron chi connectivity index (χ2n) is 5.96. The molecule has 0 amide bonds. The summed E-state index contributed by atoms with van der Waals surface area (Å²) in [5.41, 5.74) is 0. The van der Waals surface area contributed by atoms with E-state index < -0.39 is 8.80 Å². The van der Waals surface area contributed by atoms with Gasteiger partial charge in [-0.1, -0.05) is 12.2 Å². The summed E-state index contributed by atoms with van der Waals surface area (Å²) in [6, 6.07) is 0.753. The van der Waals surface area contributed by atoms with Gasteiger partial charge in [0.2, 0.25) is 0 Å². The van der Waals surface area contributed by atoms with E-state index >= 15 is 0 Å². The maximum absolute atomic E-state index is 5.69. The molecule has 126 valence electrons. The molecule has 3 unspecified atom stereocenters. The van der Waals surface area contributed by atoms with Crippen LogP contribution in [0.4, 0.5) is 0 Å². The van der Waals surface area contributed by atoms with Crippen LogP contribution in [0.15, 0.2) is 12.2 Å². The van der Waals surface area contributed by atoms with Gasteiger partial charge in [-0.2, -0.15) is 0 Å². The highest BCUT2D eigenvalue weighted by atomic mass is 32.1. The fourth-order valence-electron chi connectivity index (χ4n) is 3.37. The van der Waals surface area contributed by atoms with Crippen molar-refractivity contribution in [2.24, 2.45) is 17.8 Å². The van der Waals surface area contributed by atoms with Crippen molar-refractivity contribution in [3.05, 3.63) is 12.2 Å². The maximum atomic E-state index is 5.69. The van der Waals surface area contributed by atoms with Gasteiger partial charge in [0, 0.05) is 33.9 Å². The fraction of sp³-hybridized carbons (Fsp3) is 0.800. The van der Waals surface area contributed by atoms with Gasteiger partial charge in [-0.15, -0.1) is 0 Å². The first-order valence-corrected chi connectivity index (χ1v) is 10.2. The molecule has 5 nitrogen and oxygen atoms in total. The summed E-state index contributed by atoms with van der Waals surface area (Å²) < 4.78 is 21.8. The molecule has 2 bridgehead atoms. The van der Waals surface area contributed by atoms with Gasteiger partial charge in [0.15, 0.2) is 0 Å². The van der Waals surface area contributed by atoms with Gasteiger partial charge >= 0.3 is 8.80 Å². The molecule has 2 rings (SSSR count). The van der Waals surface area contributed by atoms with Crippen LogP contribution in [0.2, 0.25) is 6.04 Å². The highest BCUT2D eigenvalue weighted by Crippen LogP contribution is 2.43. The minimum atomic E-state index is -2.47. The van der Waals surface area contributed by atoms with Crippen molar-refractivity contribution < 1.29 is 18.0 Å².